The molecule has 0 aliphatic carbocycles. The lowest BCUT2D eigenvalue weighted by atomic mass is 10.1. The summed E-state index contributed by atoms with van der Waals surface area (Å²) in [5.41, 5.74) is 3.96. The average Bonchev–Trinajstić information content (AvgIpc) is 2.44. The van der Waals surface area contributed by atoms with Gasteiger partial charge in [0.25, 0.3) is 5.91 Å². The zero-order valence-electron chi connectivity index (χ0n) is 11.7. The van der Waals surface area contributed by atoms with Crippen LogP contribution in [0.3, 0.4) is 0 Å². The summed E-state index contributed by atoms with van der Waals surface area (Å²) in [5, 5.41) is 2.88. The molecule has 0 aliphatic heterocycles. The first-order chi connectivity index (χ1) is 9.56. The van der Waals surface area contributed by atoms with Crippen molar-refractivity contribution in [3.63, 3.8) is 0 Å². The molecule has 0 heterocycles. The van der Waals surface area contributed by atoms with Crippen molar-refractivity contribution in [2.24, 2.45) is 0 Å². The fourth-order valence-corrected chi connectivity index (χ4v) is 1.96. The van der Waals surface area contributed by atoms with Crippen LogP contribution in [0.5, 0.6) is 0 Å². The molecule has 2 rings (SSSR count). The molecule has 20 heavy (non-hydrogen) atoms. The fraction of sp³-hybridized carbons (Fsp3) is 0.235. The van der Waals surface area contributed by atoms with Crippen LogP contribution >= 0.6 is 0 Å². The Labute approximate surface area is 118 Å². The van der Waals surface area contributed by atoms with E-state index in [1.165, 1.54) is 17.7 Å². The number of aryl methyl sites for hydroxylation is 2. The summed E-state index contributed by atoms with van der Waals surface area (Å²) in [6, 6.07) is 12.0. The van der Waals surface area contributed by atoms with Gasteiger partial charge in [0.15, 0.2) is 0 Å². The summed E-state index contributed by atoms with van der Waals surface area (Å²) in [6.45, 7) is 4.55. The molecule has 104 valence electrons. The largest absolute Gasteiger partial charge is 0.352 e. The summed E-state index contributed by atoms with van der Waals surface area (Å²) >= 11 is 0. The number of nitrogens with one attached hydrogen (secondary N) is 1. The molecule has 0 spiro atoms. The normalized spacial score (nSPS) is 10.3. The van der Waals surface area contributed by atoms with Crippen LogP contribution in [0.15, 0.2) is 42.5 Å². The second-order valence-electron chi connectivity index (χ2n) is 4.93. The molecule has 3 heteroatoms. The molecule has 2 aromatic carbocycles. The highest BCUT2D eigenvalue weighted by atomic mass is 19.1. The Balaban J connectivity index is 1.88. The Morgan fingerprint density at radius 3 is 2.40 bits per heavy atom. The molecular weight excluding hydrogens is 253 g/mol. The SMILES string of the molecule is Cc1ccc(C(=O)NCCc2ccc(F)cc2)cc1C. The first kappa shape index (κ1) is 14.3. The van der Waals surface area contributed by atoms with E-state index in [9.17, 15) is 9.18 Å². The predicted octanol–water partition coefficient (Wildman–Crippen LogP) is 3.42. The van der Waals surface area contributed by atoms with E-state index in [0.717, 1.165) is 11.1 Å². The van der Waals surface area contributed by atoms with Crippen molar-refractivity contribution < 1.29 is 9.18 Å². The maximum atomic E-state index is 12.8. The average molecular weight is 271 g/mol. The second kappa shape index (κ2) is 6.33. The summed E-state index contributed by atoms with van der Waals surface area (Å²) in [7, 11) is 0. The van der Waals surface area contributed by atoms with Crippen LogP contribution in [0.25, 0.3) is 0 Å². The number of rotatable bonds is 4. The Bertz CT molecular complexity index is 605. The fourth-order valence-electron chi connectivity index (χ4n) is 1.96. The Hall–Kier alpha value is -2.16. The maximum Gasteiger partial charge on any atom is 0.251 e. The van der Waals surface area contributed by atoms with Gasteiger partial charge >= 0.3 is 0 Å². The highest BCUT2D eigenvalue weighted by Crippen LogP contribution is 2.09. The number of hydrogen-bond donors (Lipinski definition) is 1. The van der Waals surface area contributed by atoms with Gasteiger partial charge in [-0.1, -0.05) is 18.2 Å². The van der Waals surface area contributed by atoms with Gasteiger partial charge in [0.2, 0.25) is 0 Å². The van der Waals surface area contributed by atoms with E-state index in [0.29, 0.717) is 18.5 Å². The van der Waals surface area contributed by atoms with Gasteiger partial charge in [0.1, 0.15) is 5.82 Å². The van der Waals surface area contributed by atoms with Crippen molar-refractivity contribution in [1.29, 1.82) is 0 Å². The lowest BCUT2D eigenvalue weighted by molar-refractivity contribution is 0.0954. The van der Waals surface area contributed by atoms with Gasteiger partial charge in [0.05, 0.1) is 0 Å². The molecule has 0 saturated heterocycles. The molecule has 2 nitrogen and oxygen atoms in total. The third kappa shape index (κ3) is 3.67. The number of amides is 1. The van der Waals surface area contributed by atoms with E-state index >= 15 is 0 Å². The maximum absolute atomic E-state index is 12.8. The van der Waals surface area contributed by atoms with Crippen molar-refractivity contribution >= 4 is 5.91 Å². The lowest BCUT2D eigenvalue weighted by Gasteiger charge is -2.07. The summed E-state index contributed by atoms with van der Waals surface area (Å²) < 4.78 is 12.8. The Morgan fingerprint density at radius 2 is 1.75 bits per heavy atom. The Kier molecular flexibility index (Phi) is 4.51. The van der Waals surface area contributed by atoms with E-state index in [4.69, 9.17) is 0 Å². The van der Waals surface area contributed by atoms with Crippen molar-refractivity contribution in [1.82, 2.24) is 5.32 Å². The molecule has 0 aliphatic rings. The number of carbonyl (C=O) groups is 1. The van der Waals surface area contributed by atoms with E-state index < -0.39 is 0 Å². The highest BCUT2D eigenvalue weighted by molar-refractivity contribution is 5.94. The van der Waals surface area contributed by atoms with Crippen molar-refractivity contribution in [3.8, 4) is 0 Å². The highest BCUT2D eigenvalue weighted by Gasteiger charge is 2.06. The van der Waals surface area contributed by atoms with Crippen LogP contribution in [-0.4, -0.2) is 12.5 Å². The molecule has 0 aromatic heterocycles. The van der Waals surface area contributed by atoms with Crippen molar-refractivity contribution in [2.75, 3.05) is 6.54 Å². The molecule has 0 radical (unpaired) electrons. The van der Waals surface area contributed by atoms with Gasteiger partial charge < -0.3 is 5.32 Å². The molecule has 0 bridgehead atoms. The van der Waals surface area contributed by atoms with Gasteiger partial charge in [0, 0.05) is 12.1 Å². The van der Waals surface area contributed by atoms with Gasteiger partial charge in [-0.25, -0.2) is 4.39 Å². The minimum Gasteiger partial charge on any atom is -0.352 e. The van der Waals surface area contributed by atoms with Gasteiger partial charge in [-0.3, -0.25) is 4.79 Å². The van der Waals surface area contributed by atoms with E-state index in [-0.39, 0.29) is 11.7 Å². The molecular formula is C17H18FNO. The van der Waals surface area contributed by atoms with Crippen LogP contribution in [0.2, 0.25) is 0 Å². The molecule has 0 unspecified atom stereocenters. The predicted molar refractivity (Wildman–Crippen MR) is 78.4 cm³/mol. The van der Waals surface area contributed by atoms with Crippen LogP contribution in [0.4, 0.5) is 4.39 Å². The monoisotopic (exact) mass is 271 g/mol. The zero-order valence-corrected chi connectivity index (χ0v) is 11.7. The smallest absolute Gasteiger partial charge is 0.251 e. The minimum atomic E-state index is -0.243. The van der Waals surface area contributed by atoms with Crippen molar-refractivity contribution in [2.45, 2.75) is 20.3 Å². The molecule has 2 aromatic rings. The first-order valence-corrected chi connectivity index (χ1v) is 6.66. The summed E-state index contributed by atoms with van der Waals surface area (Å²) in [5.74, 6) is -0.317. The van der Waals surface area contributed by atoms with Crippen LogP contribution in [0.1, 0.15) is 27.0 Å². The molecule has 1 N–H and O–H groups in total. The number of carbonyl (C=O) groups excluding carboxylic acids is 1. The van der Waals surface area contributed by atoms with Crippen LogP contribution < -0.4 is 5.32 Å². The number of benzene rings is 2. The quantitative estimate of drug-likeness (QED) is 0.907. The second-order valence-corrected chi connectivity index (χ2v) is 4.93. The molecule has 0 fully saturated rings. The summed E-state index contributed by atoms with van der Waals surface area (Å²) in [6.07, 6.45) is 0.691. The topological polar surface area (TPSA) is 29.1 Å². The summed E-state index contributed by atoms with van der Waals surface area (Å²) in [4.78, 5) is 12.0. The van der Waals surface area contributed by atoms with Gasteiger partial charge in [-0.15, -0.1) is 0 Å². The molecule has 0 atom stereocenters. The molecule has 1 amide bonds. The van der Waals surface area contributed by atoms with E-state index in [2.05, 4.69) is 5.32 Å². The van der Waals surface area contributed by atoms with Crippen LogP contribution in [-0.2, 0) is 6.42 Å². The minimum absolute atomic E-state index is 0.0739. The lowest BCUT2D eigenvalue weighted by Crippen LogP contribution is -2.25. The first-order valence-electron chi connectivity index (χ1n) is 6.66. The van der Waals surface area contributed by atoms with E-state index in [1.54, 1.807) is 12.1 Å². The van der Waals surface area contributed by atoms with Gasteiger partial charge in [-0.2, -0.15) is 0 Å². The van der Waals surface area contributed by atoms with E-state index in [1.807, 2.05) is 32.0 Å². The third-order valence-corrected chi connectivity index (χ3v) is 3.38. The zero-order chi connectivity index (χ0) is 14.5. The standard InChI is InChI=1S/C17H18FNO/c1-12-3-6-15(11-13(12)2)17(20)19-10-9-14-4-7-16(18)8-5-14/h3-8,11H,9-10H2,1-2H3,(H,19,20). The van der Waals surface area contributed by atoms with Crippen LogP contribution in [0, 0.1) is 19.7 Å². The van der Waals surface area contributed by atoms with Crippen molar-refractivity contribution in [3.05, 3.63) is 70.5 Å². The Morgan fingerprint density at radius 1 is 1.05 bits per heavy atom. The molecule has 0 saturated carbocycles. The number of hydrogen-bond acceptors (Lipinski definition) is 1. The third-order valence-electron chi connectivity index (χ3n) is 3.38. The van der Waals surface area contributed by atoms with Gasteiger partial charge in [-0.05, 0) is 61.2 Å². The number of halogens is 1.